The summed E-state index contributed by atoms with van der Waals surface area (Å²) in [5.41, 5.74) is 1.18. The van der Waals surface area contributed by atoms with Crippen molar-refractivity contribution in [2.24, 2.45) is 4.99 Å². The molecule has 2 heterocycles. The predicted octanol–water partition coefficient (Wildman–Crippen LogP) is 6.67. The van der Waals surface area contributed by atoms with Gasteiger partial charge in [-0.2, -0.15) is 0 Å². The number of urea groups is 1. The highest BCUT2D eigenvalue weighted by Gasteiger charge is 2.55. The Morgan fingerprint density at radius 1 is 1.16 bits per heavy atom. The van der Waals surface area contributed by atoms with Crippen molar-refractivity contribution in [1.29, 1.82) is 0 Å². The third-order valence-electron chi connectivity index (χ3n) is 7.62. The van der Waals surface area contributed by atoms with Crippen LogP contribution in [0.15, 0.2) is 53.5 Å². The predicted molar refractivity (Wildman–Crippen MR) is 154 cm³/mol. The first kappa shape index (κ1) is 26.4. The first-order valence-corrected chi connectivity index (χ1v) is 14.7. The minimum Gasteiger partial charge on any atom is -0.491 e. The number of nitrogens with one attached hydrogen (secondary N) is 1. The molecule has 2 amide bonds. The van der Waals surface area contributed by atoms with Crippen LogP contribution in [0.1, 0.15) is 64.4 Å². The second kappa shape index (κ2) is 11.3. The zero-order valence-corrected chi connectivity index (χ0v) is 23.8. The molecule has 2 aromatic rings. The van der Waals surface area contributed by atoms with Gasteiger partial charge in [0.05, 0.1) is 16.2 Å². The van der Waals surface area contributed by atoms with Crippen LogP contribution >= 0.6 is 22.6 Å². The molecule has 6 nitrogen and oxygen atoms in total. The van der Waals surface area contributed by atoms with Crippen molar-refractivity contribution in [1.82, 2.24) is 10.2 Å². The van der Waals surface area contributed by atoms with E-state index in [0.717, 1.165) is 50.4 Å². The van der Waals surface area contributed by atoms with Gasteiger partial charge in [0.1, 0.15) is 22.9 Å². The molecule has 2 aliphatic heterocycles. The van der Waals surface area contributed by atoms with Crippen molar-refractivity contribution in [2.45, 2.75) is 87.1 Å². The summed E-state index contributed by atoms with van der Waals surface area (Å²) < 4.78 is 20.3. The molecule has 1 N–H and O–H groups in total. The second-order valence-electron chi connectivity index (χ2n) is 10.7. The minimum absolute atomic E-state index is 0.130. The molecule has 198 valence electrons. The summed E-state index contributed by atoms with van der Waals surface area (Å²) in [6.45, 7) is 5.67. The summed E-state index contributed by atoms with van der Waals surface area (Å²) in [6, 6.07) is 14.7. The van der Waals surface area contributed by atoms with Crippen LogP contribution in [0.2, 0.25) is 0 Å². The number of rotatable bonds is 6. The van der Waals surface area contributed by atoms with E-state index in [2.05, 4.69) is 44.9 Å². The summed E-state index contributed by atoms with van der Waals surface area (Å²) in [4.78, 5) is 22.8. The van der Waals surface area contributed by atoms with Crippen molar-refractivity contribution in [3.63, 3.8) is 0 Å². The number of amides is 2. The van der Waals surface area contributed by atoms with Gasteiger partial charge in [-0.15, -0.1) is 0 Å². The molecule has 2 saturated heterocycles. The lowest BCUT2D eigenvalue weighted by Gasteiger charge is -2.46. The molecule has 0 unspecified atom stereocenters. The number of carbonyl (C=O) groups is 1. The molecular formula is C29H36FIN4O2. The Labute approximate surface area is 232 Å². The Hall–Kier alpha value is -2.20. The number of alkyl halides is 1. The molecule has 1 saturated carbocycles. The molecule has 5 rings (SSSR count). The van der Waals surface area contributed by atoms with Crippen molar-refractivity contribution in [2.75, 3.05) is 11.4 Å². The van der Waals surface area contributed by atoms with Crippen LogP contribution < -0.4 is 15.0 Å². The number of amidine groups is 1. The van der Waals surface area contributed by atoms with Crippen LogP contribution in [-0.2, 0) is 6.54 Å². The Bertz CT molecular complexity index is 1150. The first-order chi connectivity index (χ1) is 17.8. The number of likely N-dealkylation sites (tertiary alicyclic amines) is 1. The number of hydrogen-bond donors (Lipinski definition) is 1. The van der Waals surface area contributed by atoms with Crippen LogP contribution in [0, 0.1) is 5.82 Å². The second-order valence-corrected chi connectivity index (χ2v) is 12.2. The summed E-state index contributed by atoms with van der Waals surface area (Å²) in [7, 11) is 0. The molecule has 3 fully saturated rings. The van der Waals surface area contributed by atoms with E-state index >= 15 is 0 Å². The van der Waals surface area contributed by atoms with E-state index in [0.29, 0.717) is 5.69 Å². The fourth-order valence-corrected chi connectivity index (χ4v) is 7.10. The minimum atomic E-state index is -0.604. The highest BCUT2D eigenvalue weighted by Crippen LogP contribution is 2.42. The van der Waals surface area contributed by atoms with Crippen molar-refractivity contribution in [3.05, 3.63) is 59.9 Å². The molecule has 8 heteroatoms. The molecular weight excluding hydrogens is 582 g/mol. The van der Waals surface area contributed by atoms with Crippen LogP contribution in [0.3, 0.4) is 0 Å². The maximum absolute atomic E-state index is 14.3. The number of piperidine rings is 1. The number of carbonyl (C=O) groups excluding carboxylic acids is 1. The SMILES string of the molecule is CC(C)Oc1cccc(CN2CC[C@@]3(C[C@@H]2I)C(=NC2CCCCC2)NC(=O)N3c2cccc(F)c2)c1. The lowest BCUT2D eigenvalue weighted by atomic mass is 9.84. The zero-order chi connectivity index (χ0) is 26.0. The first-order valence-electron chi connectivity index (χ1n) is 13.4. The highest BCUT2D eigenvalue weighted by atomic mass is 127. The molecule has 37 heavy (non-hydrogen) atoms. The van der Waals surface area contributed by atoms with Gasteiger partial charge in [0, 0.05) is 25.2 Å². The lowest BCUT2D eigenvalue weighted by molar-refractivity contribution is 0.172. The van der Waals surface area contributed by atoms with Gasteiger partial charge in [-0.3, -0.25) is 20.1 Å². The van der Waals surface area contributed by atoms with Crippen molar-refractivity contribution in [3.8, 4) is 5.75 Å². The summed E-state index contributed by atoms with van der Waals surface area (Å²) >= 11 is 2.50. The number of halogens is 2. The molecule has 0 bridgehead atoms. The monoisotopic (exact) mass is 618 g/mol. The quantitative estimate of drug-likeness (QED) is 0.224. The van der Waals surface area contributed by atoms with E-state index in [9.17, 15) is 9.18 Å². The highest BCUT2D eigenvalue weighted by molar-refractivity contribution is 14.1. The van der Waals surface area contributed by atoms with Crippen LogP contribution in [0.4, 0.5) is 14.9 Å². The fourth-order valence-electron chi connectivity index (χ4n) is 5.90. The van der Waals surface area contributed by atoms with E-state index in [1.54, 1.807) is 11.0 Å². The lowest BCUT2D eigenvalue weighted by Crippen LogP contribution is -2.58. The number of hydrogen-bond acceptors (Lipinski definition) is 4. The van der Waals surface area contributed by atoms with Gasteiger partial charge >= 0.3 is 6.03 Å². The molecule has 2 atom stereocenters. The molecule has 2 aromatic carbocycles. The number of anilines is 1. The van der Waals surface area contributed by atoms with Gasteiger partial charge in [0.2, 0.25) is 0 Å². The van der Waals surface area contributed by atoms with Crippen molar-refractivity contribution < 1.29 is 13.9 Å². The molecule has 0 aromatic heterocycles. The van der Waals surface area contributed by atoms with E-state index in [4.69, 9.17) is 9.73 Å². The number of nitrogens with zero attached hydrogens (tertiary/aromatic N) is 3. The van der Waals surface area contributed by atoms with Gasteiger partial charge in [-0.25, -0.2) is 9.18 Å². The average Bonchev–Trinajstić information content (AvgIpc) is 3.11. The summed E-state index contributed by atoms with van der Waals surface area (Å²) in [5.74, 6) is 1.31. The van der Waals surface area contributed by atoms with Crippen LogP contribution in [0.25, 0.3) is 0 Å². The van der Waals surface area contributed by atoms with E-state index in [-0.39, 0.29) is 28.0 Å². The van der Waals surface area contributed by atoms with Gasteiger partial charge < -0.3 is 4.74 Å². The van der Waals surface area contributed by atoms with E-state index in [1.807, 2.05) is 32.0 Å². The standard InChI is InChI=1S/C29H36FIN4O2/c1-20(2)37-25-13-6-8-21(16-25)19-34-15-14-29(18-26(34)31)27(32-23-10-4-3-5-11-23)33-28(36)35(29)24-12-7-9-22(30)17-24/h6-9,12-13,16-17,20,23,26H,3-5,10-11,14-15,18-19H2,1-2H3,(H,32,33,36)/t26-,29-/m1/s1. The van der Waals surface area contributed by atoms with E-state index < -0.39 is 5.54 Å². The number of ether oxygens (including phenoxy) is 1. The molecule has 1 aliphatic carbocycles. The number of benzene rings is 2. The van der Waals surface area contributed by atoms with Gasteiger partial charge in [-0.05, 0) is 69.0 Å². The molecule has 0 radical (unpaired) electrons. The van der Waals surface area contributed by atoms with Crippen LogP contribution in [0.5, 0.6) is 5.75 Å². The van der Waals surface area contributed by atoms with Crippen molar-refractivity contribution >= 4 is 40.1 Å². The number of aliphatic imine (C=N–C) groups is 1. The average molecular weight is 619 g/mol. The molecule has 1 spiro atoms. The van der Waals surface area contributed by atoms with Crippen LogP contribution in [-0.4, -0.2) is 45.0 Å². The van der Waals surface area contributed by atoms with E-state index in [1.165, 1.54) is 37.0 Å². The third kappa shape index (κ3) is 5.79. The van der Waals surface area contributed by atoms with Gasteiger partial charge in [0.25, 0.3) is 0 Å². The fraction of sp³-hybridized carbons (Fsp3) is 0.517. The molecule has 3 aliphatic rings. The smallest absolute Gasteiger partial charge is 0.328 e. The maximum Gasteiger partial charge on any atom is 0.328 e. The Morgan fingerprint density at radius 3 is 2.68 bits per heavy atom. The normalized spacial score (nSPS) is 26.3. The topological polar surface area (TPSA) is 57.2 Å². The summed E-state index contributed by atoms with van der Waals surface area (Å²) in [6.07, 6.45) is 7.31. The largest absolute Gasteiger partial charge is 0.491 e. The zero-order valence-electron chi connectivity index (χ0n) is 21.6. The van der Waals surface area contributed by atoms with Gasteiger partial charge in [-0.1, -0.05) is 60.1 Å². The Balaban J connectivity index is 1.42. The Kier molecular flexibility index (Phi) is 8.04. The third-order valence-corrected chi connectivity index (χ3v) is 8.85. The van der Waals surface area contributed by atoms with Gasteiger partial charge in [0.15, 0.2) is 0 Å². The Morgan fingerprint density at radius 2 is 1.95 bits per heavy atom. The summed E-state index contributed by atoms with van der Waals surface area (Å²) in [5, 5.41) is 3.12. The maximum atomic E-state index is 14.3.